The van der Waals surface area contributed by atoms with Crippen LogP contribution in [0.25, 0.3) is 5.82 Å². The minimum atomic E-state index is -4.62. The SMILES string of the molecule is CNc1cc(-n2ncnc2Nc2cc(C(=O)Nc3cc(OCCN(C)C)cc(C(F)(F)F)c3)ccc2C)ncn1. The molecule has 1 amide bonds. The summed E-state index contributed by atoms with van der Waals surface area (Å²) in [5.41, 5.74) is 0.577. The minimum absolute atomic E-state index is 0.00345. The molecule has 0 saturated carbocycles. The predicted octanol–water partition coefficient (Wildman–Crippen LogP) is 4.36. The maximum absolute atomic E-state index is 13.5. The zero-order chi connectivity index (χ0) is 28.9. The van der Waals surface area contributed by atoms with E-state index in [-0.39, 0.29) is 23.6 Å². The largest absolute Gasteiger partial charge is 0.492 e. The highest BCUT2D eigenvalue weighted by Gasteiger charge is 2.31. The lowest BCUT2D eigenvalue weighted by Gasteiger charge is -2.16. The van der Waals surface area contributed by atoms with E-state index in [0.29, 0.717) is 29.8 Å². The van der Waals surface area contributed by atoms with Gasteiger partial charge in [-0.3, -0.25) is 4.79 Å². The van der Waals surface area contributed by atoms with E-state index in [2.05, 4.69) is 36.0 Å². The summed E-state index contributed by atoms with van der Waals surface area (Å²) in [6.07, 6.45) is -1.88. The number of ether oxygens (including phenoxy) is 1. The molecule has 4 rings (SSSR count). The van der Waals surface area contributed by atoms with Crippen molar-refractivity contribution in [2.75, 3.05) is 50.2 Å². The topological polar surface area (TPSA) is 122 Å². The summed E-state index contributed by atoms with van der Waals surface area (Å²) in [6.45, 7) is 2.53. The molecule has 0 saturated heterocycles. The average molecular weight is 556 g/mol. The van der Waals surface area contributed by atoms with Gasteiger partial charge in [0.1, 0.15) is 30.8 Å². The third-order valence-electron chi connectivity index (χ3n) is 5.72. The van der Waals surface area contributed by atoms with Crippen molar-refractivity contribution in [2.24, 2.45) is 0 Å². The fraction of sp³-hybridized carbons (Fsp3) is 0.269. The van der Waals surface area contributed by atoms with Crippen LogP contribution in [0.1, 0.15) is 21.5 Å². The predicted molar refractivity (Wildman–Crippen MR) is 144 cm³/mol. The van der Waals surface area contributed by atoms with Crippen LogP contribution in [0.2, 0.25) is 0 Å². The second-order valence-electron chi connectivity index (χ2n) is 9.01. The summed E-state index contributed by atoms with van der Waals surface area (Å²) in [4.78, 5) is 27.5. The number of benzene rings is 2. The van der Waals surface area contributed by atoms with Crippen LogP contribution < -0.4 is 20.7 Å². The molecule has 0 bridgehead atoms. The molecule has 0 aliphatic carbocycles. The van der Waals surface area contributed by atoms with Gasteiger partial charge in [-0.05, 0) is 50.8 Å². The molecule has 2 aromatic heterocycles. The number of aryl methyl sites for hydroxylation is 1. The first-order chi connectivity index (χ1) is 19.0. The van der Waals surface area contributed by atoms with Gasteiger partial charge in [-0.2, -0.15) is 27.9 Å². The number of alkyl halides is 3. The Kier molecular flexibility index (Phi) is 8.48. The molecule has 4 aromatic rings. The fourth-order valence-electron chi connectivity index (χ4n) is 3.58. The summed E-state index contributed by atoms with van der Waals surface area (Å²) in [6, 6.07) is 9.69. The zero-order valence-corrected chi connectivity index (χ0v) is 22.2. The number of halogens is 3. The smallest absolute Gasteiger partial charge is 0.416 e. The Morgan fingerprint density at radius 2 is 1.85 bits per heavy atom. The van der Waals surface area contributed by atoms with Gasteiger partial charge in [0, 0.05) is 42.7 Å². The Labute approximate surface area is 228 Å². The normalized spacial score (nSPS) is 11.4. The molecule has 2 aromatic carbocycles. The molecular weight excluding hydrogens is 527 g/mol. The van der Waals surface area contributed by atoms with Gasteiger partial charge in [0.05, 0.1) is 5.56 Å². The van der Waals surface area contributed by atoms with E-state index in [4.69, 9.17) is 4.74 Å². The number of aromatic nitrogens is 5. The number of hydrogen-bond donors (Lipinski definition) is 3. The molecule has 210 valence electrons. The summed E-state index contributed by atoms with van der Waals surface area (Å²) >= 11 is 0. The quantitative estimate of drug-likeness (QED) is 0.262. The first-order valence-corrected chi connectivity index (χ1v) is 12.1. The Balaban J connectivity index is 1.56. The van der Waals surface area contributed by atoms with Crippen molar-refractivity contribution in [3.8, 4) is 11.6 Å². The van der Waals surface area contributed by atoms with E-state index in [1.807, 2.05) is 25.9 Å². The molecule has 40 heavy (non-hydrogen) atoms. The molecule has 0 spiro atoms. The van der Waals surface area contributed by atoms with Crippen LogP contribution in [-0.4, -0.2) is 69.8 Å². The summed E-state index contributed by atoms with van der Waals surface area (Å²) in [5.74, 6) is 0.779. The zero-order valence-electron chi connectivity index (χ0n) is 22.2. The van der Waals surface area contributed by atoms with Gasteiger partial charge in [0.15, 0.2) is 5.82 Å². The number of likely N-dealkylation sites (N-methyl/N-ethyl adjacent to an activating group) is 1. The molecule has 0 aliphatic heterocycles. The maximum Gasteiger partial charge on any atom is 0.416 e. The van der Waals surface area contributed by atoms with Gasteiger partial charge in [-0.1, -0.05) is 6.07 Å². The van der Waals surface area contributed by atoms with Gasteiger partial charge in [-0.15, -0.1) is 0 Å². The van der Waals surface area contributed by atoms with Gasteiger partial charge in [-0.25, -0.2) is 9.97 Å². The van der Waals surface area contributed by atoms with E-state index < -0.39 is 17.6 Å². The Morgan fingerprint density at radius 3 is 2.58 bits per heavy atom. The lowest BCUT2D eigenvalue weighted by atomic mass is 10.1. The number of carbonyl (C=O) groups excluding carboxylic acids is 1. The number of rotatable bonds is 10. The van der Waals surface area contributed by atoms with E-state index in [1.54, 1.807) is 31.3 Å². The second-order valence-corrected chi connectivity index (χ2v) is 9.01. The van der Waals surface area contributed by atoms with Crippen LogP contribution in [0.4, 0.5) is 36.3 Å². The second kappa shape index (κ2) is 12.0. The number of carbonyl (C=O) groups is 1. The minimum Gasteiger partial charge on any atom is -0.492 e. The van der Waals surface area contributed by atoms with Crippen LogP contribution in [0.3, 0.4) is 0 Å². The number of nitrogens with zero attached hydrogens (tertiary/aromatic N) is 6. The molecule has 0 aliphatic rings. The number of nitrogens with one attached hydrogen (secondary N) is 3. The maximum atomic E-state index is 13.5. The van der Waals surface area contributed by atoms with Crippen molar-refractivity contribution < 1.29 is 22.7 Å². The lowest BCUT2D eigenvalue weighted by Crippen LogP contribution is -2.20. The molecule has 0 radical (unpaired) electrons. The molecule has 2 heterocycles. The summed E-state index contributed by atoms with van der Waals surface area (Å²) in [7, 11) is 5.38. The van der Waals surface area contributed by atoms with Crippen molar-refractivity contribution in [1.29, 1.82) is 0 Å². The van der Waals surface area contributed by atoms with Crippen LogP contribution in [-0.2, 0) is 6.18 Å². The first-order valence-electron chi connectivity index (χ1n) is 12.1. The standard InChI is InChI=1S/C26H28F3N9O2/c1-16-5-6-17(9-21(16)36-25-33-15-34-38(25)23-13-22(30-2)31-14-32-23)24(39)35-19-10-18(26(27,28)29)11-20(12-19)40-8-7-37(3)4/h5-6,9-15H,7-8H2,1-4H3,(H,35,39)(H,30,31,32)(H,33,34,36). The third-order valence-corrected chi connectivity index (χ3v) is 5.72. The van der Waals surface area contributed by atoms with Gasteiger partial charge in [0.2, 0.25) is 5.95 Å². The third kappa shape index (κ3) is 7.02. The van der Waals surface area contributed by atoms with E-state index in [9.17, 15) is 18.0 Å². The van der Waals surface area contributed by atoms with Crippen LogP contribution in [0, 0.1) is 6.92 Å². The van der Waals surface area contributed by atoms with Crippen molar-refractivity contribution >= 4 is 29.0 Å². The summed E-state index contributed by atoms with van der Waals surface area (Å²) < 4.78 is 47.5. The molecular formula is C26H28F3N9O2. The number of anilines is 4. The van der Waals surface area contributed by atoms with Crippen molar-refractivity contribution in [3.63, 3.8) is 0 Å². The Bertz CT molecular complexity index is 1490. The van der Waals surface area contributed by atoms with Crippen LogP contribution >= 0.6 is 0 Å². The van der Waals surface area contributed by atoms with Gasteiger partial charge >= 0.3 is 6.18 Å². The Morgan fingerprint density at radius 1 is 1.05 bits per heavy atom. The molecule has 0 atom stereocenters. The van der Waals surface area contributed by atoms with Crippen molar-refractivity contribution in [2.45, 2.75) is 13.1 Å². The highest BCUT2D eigenvalue weighted by molar-refractivity contribution is 6.05. The van der Waals surface area contributed by atoms with Crippen molar-refractivity contribution in [1.82, 2.24) is 29.6 Å². The molecule has 0 fully saturated rings. The highest BCUT2D eigenvalue weighted by Crippen LogP contribution is 2.34. The molecule has 3 N–H and O–H groups in total. The van der Waals surface area contributed by atoms with Gasteiger partial charge < -0.3 is 25.6 Å². The van der Waals surface area contributed by atoms with E-state index in [0.717, 1.165) is 17.7 Å². The number of hydrogen-bond acceptors (Lipinski definition) is 9. The number of amides is 1. The first kappa shape index (κ1) is 28.3. The fourth-order valence-corrected chi connectivity index (χ4v) is 3.58. The lowest BCUT2D eigenvalue weighted by molar-refractivity contribution is -0.137. The van der Waals surface area contributed by atoms with E-state index >= 15 is 0 Å². The van der Waals surface area contributed by atoms with Crippen LogP contribution in [0.15, 0.2) is 55.1 Å². The molecule has 11 nitrogen and oxygen atoms in total. The molecule has 14 heteroatoms. The van der Waals surface area contributed by atoms with Gasteiger partial charge in [0.25, 0.3) is 5.91 Å². The summed E-state index contributed by atoms with van der Waals surface area (Å²) in [5, 5.41) is 12.8. The van der Waals surface area contributed by atoms with Crippen LogP contribution in [0.5, 0.6) is 5.75 Å². The van der Waals surface area contributed by atoms with E-state index in [1.165, 1.54) is 23.4 Å². The Hall–Kier alpha value is -4.72. The average Bonchev–Trinajstić information content (AvgIpc) is 3.37. The monoisotopic (exact) mass is 555 g/mol. The van der Waals surface area contributed by atoms with Crippen molar-refractivity contribution in [3.05, 3.63) is 71.8 Å². The molecule has 0 unspecified atom stereocenters. The highest BCUT2D eigenvalue weighted by atomic mass is 19.4.